The monoisotopic (exact) mass is 356 g/mol. The SMILES string of the molecule is N#Cc1cccc(COc2cccc(CNC3CCS(=O)(=O)C3)c2)c1. The van der Waals surface area contributed by atoms with Gasteiger partial charge in [-0.3, -0.25) is 0 Å². The Kier molecular flexibility index (Phi) is 5.37. The van der Waals surface area contributed by atoms with E-state index in [4.69, 9.17) is 10.00 Å². The molecule has 3 rings (SSSR count). The standard InChI is InChI=1S/C19H20N2O3S/c20-11-15-3-1-5-17(9-15)13-24-19-6-2-4-16(10-19)12-21-18-7-8-25(22,23)14-18/h1-6,9-10,18,21H,7-8,12-14H2. The van der Waals surface area contributed by atoms with Crippen LogP contribution < -0.4 is 10.1 Å². The fourth-order valence-electron chi connectivity index (χ4n) is 2.86. The second kappa shape index (κ2) is 7.68. The van der Waals surface area contributed by atoms with Crippen LogP contribution in [-0.4, -0.2) is 26.0 Å². The fourth-order valence-corrected chi connectivity index (χ4v) is 4.57. The summed E-state index contributed by atoms with van der Waals surface area (Å²) in [5.41, 5.74) is 2.61. The quantitative estimate of drug-likeness (QED) is 0.860. The number of hydrogen-bond acceptors (Lipinski definition) is 5. The Labute approximate surface area is 148 Å². The summed E-state index contributed by atoms with van der Waals surface area (Å²) in [5, 5.41) is 12.2. The molecule has 1 heterocycles. The maximum Gasteiger partial charge on any atom is 0.151 e. The lowest BCUT2D eigenvalue weighted by Crippen LogP contribution is -2.29. The van der Waals surface area contributed by atoms with Crippen molar-refractivity contribution < 1.29 is 13.2 Å². The van der Waals surface area contributed by atoms with Crippen molar-refractivity contribution in [2.75, 3.05) is 11.5 Å². The molecule has 1 aliphatic rings. The van der Waals surface area contributed by atoms with Crippen LogP contribution in [0.25, 0.3) is 0 Å². The third-order valence-corrected chi connectivity index (χ3v) is 5.96. The average molecular weight is 356 g/mol. The highest BCUT2D eigenvalue weighted by molar-refractivity contribution is 7.91. The van der Waals surface area contributed by atoms with E-state index in [0.717, 1.165) is 16.9 Å². The van der Waals surface area contributed by atoms with Gasteiger partial charge in [-0.25, -0.2) is 8.42 Å². The van der Waals surface area contributed by atoms with E-state index in [2.05, 4.69) is 11.4 Å². The minimum absolute atomic E-state index is 0.0308. The van der Waals surface area contributed by atoms with Gasteiger partial charge in [0.25, 0.3) is 0 Å². The van der Waals surface area contributed by atoms with Crippen LogP contribution in [0.5, 0.6) is 5.75 Å². The molecule has 0 aromatic heterocycles. The first-order valence-electron chi connectivity index (χ1n) is 8.19. The fraction of sp³-hybridized carbons (Fsp3) is 0.316. The molecule has 1 unspecified atom stereocenters. The molecule has 1 atom stereocenters. The van der Waals surface area contributed by atoms with Crippen LogP contribution in [0.3, 0.4) is 0 Å². The van der Waals surface area contributed by atoms with Crippen LogP contribution in [0.4, 0.5) is 0 Å². The topological polar surface area (TPSA) is 79.2 Å². The van der Waals surface area contributed by atoms with E-state index >= 15 is 0 Å². The first kappa shape index (κ1) is 17.5. The van der Waals surface area contributed by atoms with E-state index in [1.54, 1.807) is 6.07 Å². The molecule has 2 aromatic carbocycles. The number of hydrogen-bond donors (Lipinski definition) is 1. The number of nitrogens with zero attached hydrogens (tertiary/aromatic N) is 1. The number of ether oxygens (including phenoxy) is 1. The molecular weight excluding hydrogens is 336 g/mol. The lowest BCUT2D eigenvalue weighted by molar-refractivity contribution is 0.306. The summed E-state index contributed by atoms with van der Waals surface area (Å²) in [6.07, 6.45) is 0.674. The molecule has 5 nitrogen and oxygen atoms in total. The number of benzene rings is 2. The van der Waals surface area contributed by atoms with E-state index in [0.29, 0.717) is 25.1 Å². The van der Waals surface area contributed by atoms with Gasteiger partial charge in [0.05, 0.1) is 23.1 Å². The Morgan fingerprint density at radius 2 is 1.96 bits per heavy atom. The molecule has 1 saturated heterocycles. The summed E-state index contributed by atoms with van der Waals surface area (Å²) in [7, 11) is -2.86. The molecule has 0 radical (unpaired) electrons. The Balaban J connectivity index is 1.55. The van der Waals surface area contributed by atoms with Crippen molar-refractivity contribution in [3.8, 4) is 11.8 Å². The van der Waals surface area contributed by atoms with Gasteiger partial charge in [-0.2, -0.15) is 5.26 Å². The van der Waals surface area contributed by atoms with Crippen molar-refractivity contribution in [1.29, 1.82) is 5.26 Å². The van der Waals surface area contributed by atoms with Crippen molar-refractivity contribution in [2.45, 2.75) is 25.6 Å². The number of rotatable bonds is 6. The molecule has 6 heteroatoms. The number of sulfone groups is 1. The summed E-state index contributed by atoms with van der Waals surface area (Å²) in [6, 6.07) is 17.2. The largest absolute Gasteiger partial charge is 0.489 e. The van der Waals surface area contributed by atoms with Gasteiger partial charge >= 0.3 is 0 Å². The summed E-state index contributed by atoms with van der Waals surface area (Å²) >= 11 is 0. The molecular formula is C19H20N2O3S. The van der Waals surface area contributed by atoms with Crippen LogP contribution in [0, 0.1) is 11.3 Å². The lowest BCUT2D eigenvalue weighted by atomic mass is 10.1. The van der Waals surface area contributed by atoms with Crippen molar-refractivity contribution in [2.24, 2.45) is 0 Å². The predicted molar refractivity (Wildman–Crippen MR) is 95.8 cm³/mol. The van der Waals surface area contributed by atoms with Gasteiger partial charge in [-0.15, -0.1) is 0 Å². The molecule has 0 amide bonds. The minimum atomic E-state index is -2.86. The maximum atomic E-state index is 11.5. The Morgan fingerprint density at radius 3 is 2.72 bits per heavy atom. The van der Waals surface area contributed by atoms with Crippen molar-refractivity contribution >= 4 is 9.84 Å². The van der Waals surface area contributed by atoms with Crippen LogP contribution in [0.1, 0.15) is 23.1 Å². The highest BCUT2D eigenvalue weighted by Crippen LogP contribution is 2.17. The van der Waals surface area contributed by atoms with E-state index < -0.39 is 9.84 Å². The third kappa shape index (κ3) is 5.05. The Hall–Kier alpha value is -2.36. The van der Waals surface area contributed by atoms with Gasteiger partial charge < -0.3 is 10.1 Å². The maximum absolute atomic E-state index is 11.5. The molecule has 0 saturated carbocycles. The Morgan fingerprint density at radius 1 is 1.16 bits per heavy atom. The van der Waals surface area contributed by atoms with E-state index in [1.807, 2.05) is 42.5 Å². The second-order valence-corrected chi connectivity index (χ2v) is 8.46. The van der Waals surface area contributed by atoms with E-state index in [9.17, 15) is 8.42 Å². The first-order chi connectivity index (χ1) is 12.0. The van der Waals surface area contributed by atoms with Gasteiger partial charge in [0, 0.05) is 12.6 Å². The van der Waals surface area contributed by atoms with Gasteiger partial charge in [0.15, 0.2) is 9.84 Å². The predicted octanol–water partition coefficient (Wildman–Crippen LogP) is 2.41. The van der Waals surface area contributed by atoms with Crippen molar-refractivity contribution in [1.82, 2.24) is 5.32 Å². The van der Waals surface area contributed by atoms with Crippen LogP contribution >= 0.6 is 0 Å². The molecule has 0 aliphatic carbocycles. The zero-order valence-corrected chi connectivity index (χ0v) is 14.6. The molecule has 1 N–H and O–H groups in total. The molecule has 2 aromatic rings. The van der Waals surface area contributed by atoms with Gasteiger partial charge in [0.2, 0.25) is 0 Å². The normalized spacial score (nSPS) is 18.6. The summed E-state index contributed by atoms with van der Waals surface area (Å²) in [6.45, 7) is 1.01. The smallest absolute Gasteiger partial charge is 0.151 e. The Bertz CT molecular complexity index is 888. The molecule has 0 spiro atoms. The van der Waals surface area contributed by atoms with Crippen molar-refractivity contribution in [3.63, 3.8) is 0 Å². The molecule has 1 fully saturated rings. The molecule has 1 aliphatic heterocycles. The number of nitrogens with one attached hydrogen (secondary N) is 1. The molecule has 25 heavy (non-hydrogen) atoms. The average Bonchev–Trinajstić information content (AvgIpc) is 2.98. The zero-order valence-electron chi connectivity index (χ0n) is 13.8. The summed E-state index contributed by atoms with van der Waals surface area (Å²) in [5.74, 6) is 1.24. The van der Waals surface area contributed by atoms with Crippen LogP contribution in [-0.2, 0) is 23.0 Å². The first-order valence-corrected chi connectivity index (χ1v) is 10.0. The van der Waals surface area contributed by atoms with Gasteiger partial charge in [-0.05, 0) is 41.8 Å². The third-order valence-electron chi connectivity index (χ3n) is 4.19. The lowest BCUT2D eigenvalue weighted by Gasteiger charge is -2.12. The van der Waals surface area contributed by atoms with Gasteiger partial charge in [-0.1, -0.05) is 24.3 Å². The highest BCUT2D eigenvalue weighted by Gasteiger charge is 2.27. The van der Waals surface area contributed by atoms with Gasteiger partial charge in [0.1, 0.15) is 12.4 Å². The van der Waals surface area contributed by atoms with Crippen LogP contribution in [0.2, 0.25) is 0 Å². The van der Waals surface area contributed by atoms with Crippen LogP contribution in [0.15, 0.2) is 48.5 Å². The summed E-state index contributed by atoms with van der Waals surface area (Å²) in [4.78, 5) is 0. The minimum Gasteiger partial charge on any atom is -0.489 e. The highest BCUT2D eigenvalue weighted by atomic mass is 32.2. The molecule has 130 valence electrons. The number of nitriles is 1. The van der Waals surface area contributed by atoms with Crippen molar-refractivity contribution in [3.05, 3.63) is 65.2 Å². The van der Waals surface area contributed by atoms with E-state index in [1.165, 1.54) is 0 Å². The molecule has 0 bridgehead atoms. The zero-order chi connectivity index (χ0) is 17.7. The second-order valence-electron chi connectivity index (χ2n) is 6.23. The summed E-state index contributed by atoms with van der Waals surface area (Å²) < 4.78 is 28.8. The van der Waals surface area contributed by atoms with E-state index in [-0.39, 0.29) is 17.5 Å².